The van der Waals surface area contributed by atoms with Crippen LogP contribution in [0.4, 0.5) is 5.69 Å². The second kappa shape index (κ2) is 9.14. The maximum atomic E-state index is 12.7. The summed E-state index contributed by atoms with van der Waals surface area (Å²) in [4.78, 5) is 12.7. The molecule has 0 aromatic heterocycles. The lowest BCUT2D eigenvalue weighted by molar-refractivity contribution is -0.119. The fraction of sp³-hybridized carbons (Fsp3) is 0.519. The van der Waals surface area contributed by atoms with Crippen molar-refractivity contribution < 1.29 is 19.0 Å². The first-order valence-electron chi connectivity index (χ1n) is 12.0. The van der Waals surface area contributed by atoms with Crippen LogP contribution in [0.5, 0.6) is 11.5 Å². The Morgan fingerprint density at radius 1 is 0.906 bits per heavy atom. The number of nitrogens with one attached hydrogen (secondary N) is 1. The van der Waals surface area contributed by atoms with Gasteiger partial charge in [0.15, 0.2) is 0 Å². The number of amides is 1. The van der Waals surface area contributed by atoms with E-state index in [1.165, 1.54) is 18.4 Å². The van der Waals surface area contributed by atoms with Crippen LogP contribution in [-0.2, 0) is 9.53 Å². The second-order valence-electron chi connectivity index (χ2n) is 9.34. The zero-order chi connectivity index (χ0) is 22.1. The molecule has 32 heavy (non-hydrogen) atoms. The fourth-order valence-corrected chi connectivity index (χ4v) is 5.90. The van der Waals surface area contributed by atoms with Crippen molar-refractivity contribution in [3.8, 4) is 11.5 Å². The van der Waals surface area contributed by atoms with Gasteiger partial charge in [0.1, 0.15) is 17.6 Å². The monoisotopic (exact) mass is 435 g/mol. The fourth-order valence-electron chi connectivity index (χ4n) is 5.90. The predicted molar refractivity (Wildman–Crippen MR) is 125 cm³/mol. The summed E-state index contributed by atoms with van der Waals surface area (Å²) in [6.45, 7) is 0. The molecule has 2 fully saturated rings. The number of carbonyl (C=O) groups excluding carboxylic acids is 1. The summed E-state index contributed by atoms with van der Waals surface area (Å²) in [7, 11) is 3.45. The van der Waals surface area contributed by atoms with Gasteiger partial charge in [-0.05, 0) is 55.5 Å². The number of ether oxygens (including phenoxy) is 3. The van der Waals surface area contributed by atoms with Gasteiger partial charge in [-0.15, -0.1) is 0 Å². The topological polar surface area (TPSA) is 56.8 Å². The average molecular weight is 436 g/mol. The molecule has 0 unspecified atom stereocenters. The van der Waals surface area contributed by atoms with Crippen molar-refractivity contribution in [1.29, 1.82) is 0 Å². The van der Waals surface area contributed by atoms with E-state index in [2.05, 4.69) is 17.4 Å². The van der Waals surface area contributed by atoms with Gasteiger partial charge in [-0.1, -0.05) is 37.8 Å². The predicted octanol–water partition coefficient (Wildman–Crippen LogP) is 5.98. The van der Waals surface area contributed by atoms with Crippen LogP contribution in [-0.4, -0.2) is 26.2 Å². The number of fused-ring (bicyclic) bond motifs is 3. The number of hydrogen-bond donors (Lipinski definition) is 1. The van der Waals surface area contributed by atoms with Gasteiger partial charge in [0.25, 0.3) is 0 Å². The number of benzene rings is 2. The van der Waals surface area contributed by atoms with Gasteiger partial charge in [-0.2, -0.15) is 0 Å². The molecule has 2 aromatic rings. The molecule has 0 radical (unpaired) electrons. The molecule has 1 heterocycles. The summed E-state index contributed by atoms with van der Waals surface area (Å²) < 4.78 is 18.4. The molecule has 170 valence electrons. The molecule has 2 aliphatic carbocycles. The molecule has 3 aliphatic rings. The van der Waals surface area contributed by atoms with Gasteiger partial charge in [0.05, 0.1) is 20.3 Å². The maximum absolute atomic E-state index is 12.7. The Balaban J connectivity index is 1.53. The van der Waals surface area contributed by atoms with Crippen LogP contribution in [0.1, 0.15) is 80.1 Å². The molecule has 2 aromatic carbocycles. The molecule has 2 saturated carbocycles. The lowest BCUT2D eigenvalue weighted by Gasteiger charge is -2.42. The van der Waals surface area contributed by atoms with Crippen molar-refractivity contribution in [2.45, 2.75) is 69.5 Å². The normalized spacial score (nSPS) is 25.0. The molecule has 0 saturated heterocycles. The Kier molecular flexibility index (Phi) is 6.09. The maximum Gasteiger partial charge on any atom is 0.227 e. The molecule has 0 spiro atoms. The van der Waals surface area contributed by atoms with Gasteiger partial charge in [0.2, 0.25) is 5.91 Å². The first-order chi connectivity index (χ1) is 15.7. The zero-order valence-corrected chi connectivity index (χ0v) is 19.1. The van der Waals surface area contributed by atoms with E-state index in [9.17, 15) is 4.79 Å². The molecule has 1 amide bonds. The quantitative estimate of drug-likeness (QED) is 0.628. The number of hydrogen-bond acceptors (Lipinski definition) is 4. The Bertz CT molecular complexity index is 982. The van der Waals surface area contributed by atoms with Crippen molar-refractivity contribution in [2.75, 3.05) is 19.5 Å². The van der Waals surface area contributed by atoms with Gasteiger partial charge in [0, 0.05) is 28.7 Å². The molecule has 0 bridgehead atoms. The van der Waals surface area contributed by atoms with Crippen LogP contribution in [0.2, 0.25) is 0 Å². The van der Waals surface area contributed by atoms with Gasteiger partial charge >= 0.3 is 0 Å². The Morgan fingerprint density at radius 2 is 1.59 bits per heavy atom. The van der Waals surface area contributed by atoms with E-state index in [-0.39, 0.29) is 24.0 Å². The number of methoxy groups -OCH3 is 2. The summed E-state index contributed by atoms with van der Waals surface area (Å²) in [6, 6.07) is 12.1. The molecule has 5 nitrogen and oxygen atoms in total. The van der Waals surface area contributed by atoms with E-state index in [0.717, 1.165) is 66.8 Å². The number of carbonyl (C=O) groups is 1. The second-order valence-corrected chi connectivity index (χ2v) is 9.34. The van der Waals surface area contributed by atoms with Crippen molar-refractivity contribution >= 4 is 11.6 Å². The third kappa shape index (κ3) is 3.88. The van der Waals surface area contributed by atoms with Crippen LogP contribution < -0.4 is 14.8 Å². The summed E-state index contributed by atoms with van der Waals surface area (Å²) in [5, 5.41) is 3.14. The number of rotatable bonds is 5. The number of anilines is 1. The standard InChI is InChI=1S/C27H33NO4/c1-30-22-14-15-23(31-2)25-24(22)20-12-5-6-13-21(20)32-26(25)18-10-7-11-19(16-18)28-27(29)17-8-3-4-9-17/h7,10-11,14-17,20-21,26H,3-6,8-9,12-13H2,1-2H3,(H,28,29)/t20-,21-,26-/m0/s1. The van der Waals surface area contributed by atoms with E-state index < -0.39 is 0 Å². The Labute approximate surface area is 190 Å². The van der Waals surface area contributed by atoms with Crippen molar-refractivity contribution in [3.63, 3.8) is 0 Å². The Hall–Kier alpha value is -2.53. The van der Waals surface area contributed by atoms with E-state index in [4.69, 9.17) is 14.2 Å². The molecule has 5 rings (SSSR count). The van der Waals surface area contributed by atoms with Crippen LogP contribution in [0.15, 0.2) is 36.4 Å². The zero-order valence-electron chi connectivity index (χ0n) is 19.1. The van der Waals surface area contributed by atoms with Crippen molar-refractivity contribution in [3.05, 3.63) is 53.1 Å². The summed E-state index contributed by atoms with van der Waals surface area (Å²) in [6.07, 6.45) is 8.74. The molecule has 1 N–H and O–H groups in total. The highest BCUT2D eigenvalue weighted by Gasteiger charge is 2.41. The highest BCUT2D eigenvalue weighted by Crippen LogP contribution is 2.53. The van der Waals surface area contributed by atoms with Crippen LogP contribution in [0, 0.1) is 5.92 Å². The summed E-state index contributed by atoms with van der Waals surface area (Å²) in [5.74, 6) is 2.34. The highest BCUT2D eigenvalue weighted by molar-refractivity contribution is 5.92. The SMILES string of the molecule is COc1ccc(OC)c2c1[C@H](c1cccc(NC(=O)C3CCCC3)c1)O[C@H]1CCCC[C@H]21. The minimum absolute atomic E-state index is 0.135. The van der Waals surface area contributed by atoms with E-state index in [1.807, 2.05) is 24.3 Å². The van der Waals surface area contributed by atoms with Gasteiger partial charge < -0.3 is 19.5 Å². The lowest BCUT2D eigenvalue weighted by atomic mass is 9.75. The minimum atomic E-state index is -0.252. The minimum Gasteiger partial charge on any atom is -0.496 e. The van der Waals surface area contributed by atoms with Crippen LogP contribution in [0.25, 0.3) is 0 Å². The smallest absolute Gasteiger partial charge is 0.227 e. The average Bonchev–Trinajstić information content (AvgIpc) is 3.38. The first-order valence-corrected chi connectivity index (χ1v) is 12.0. The molecule has 5 heteroatoms. The highest BCUT2D eigenvalue weighted by atomic mass is 16.5. The van der Waals surface area contributed by atoms with E-state index in [0.29, 0.717) is 5.92 Å². The van der Waals surface area contributed by atoms with Crippen molar-refractivity contribution in [2.24, 2.45) is 5.92 Å². The van der Waals surface area contributed by atoms with Crippen LogP contribution >= 0.6 is 0 Å². The van der Waals surface area contributed by atoms with E-state index in [1.54, 1.807) is 14.2 Å². The molecule has 3 atom stereocenters. The van der Waals surface area contributed by atoms with Crippen LogP contribution in [0.3, 0.4) is 0 Å². The van der Waals surface area contributed by atoms with Gasteiger partial charge in [-0.3, -0.25) is 4.79 Å². The first kappa shape index (κ1) is 21.3. The van der Waals surface area contributed by atoms with Crippen molar-refractivity contribution in [1.82, 2.24) is 0 Å². The third-order valence-electron chi connectivity index (χ3n) is 7.48. The Morgan fingerprint density at radius 3 is 2.34 bits per heavy atom. The lowest BCUT2D eigenvalue weighted by Crippen LogP contribution is -2.34. The molecule has 1 aliphatic heterocycles. The van der Waals surface area contributed by atoms with E-state index >= 15 is 0 Å². The van der Waals surface area contributed by atoms with Gasteiger partial charge in [-0.25, -0.2) is 0 Å². The third-order valence-corrected chi connectivity index (χ3v) is 7.48. The molecular weight excluding hydrogens is 402 g/mol. The summed E-state index contributed by atoms with van der Waals surface area (Å²) in [5.41, 5.74) is 4.16. The largest absolute Gasteiger partial charge is 0.496 e. The summed E-state index contributed by atoms with van der Waals surface area (Å²) >= 11 is 0. The molecular formula is C27H33NO4.